The van der Waals surface area contributed by atoms with Crippen molar-refractivity contribution in [3.05, 3.63) is 65.2 Å². The van der Waals surface area contributed by atoms with Crippen LogP contribution in [0.25, 0.3) is 0 Å². The summed E-state index contributed by atoms with van der Waals surface area (Å²) in [5, 5.41) is 3.13. The minimum absolute atomic E-state index is 0.00471. The second-order valence-corrected chi connectivity index (χ2v) is 9.86. The first-order valence-electron chi connectivity index (χ1n) is 9.83. The van der Waals surface area contributed by atoms with Crippen molar-refractivity contribution >= 4 is 21.8 Å². The number of amidine groups is 1. The predicted octanol–water partition coefficient (Wildman–Crippen LogP) is 3.04. The zero-order valence-corrected chi connectivity index (χ0v) is 17.4. The monoisotopic (exact) mass is 411 g/mol. The van der Waals surface area contributed by atoms with Crippen molar-refractivity contribution in [3.8, 4) is 0 Å². The number of amides is 1. The Morgan fingerprint density at radius 2 is 1.90 bits per heavy atom. The van der Waals surface area contributed by atoms with Crippen LogP contribution in [-0.4, -0.2) is 26.7 Å². The van der Waals surface area contributed by atoms with Crippen LogP contribution in [-0.2, 0) is 20.2 Å². The number of fused-ring (bicyclic) bond motifs is 2. The predicted molar refractivity (Wildman–Crippen MR) is 112 cm³/mol. The Balaban J connectivity index is 1.41. The van der Waals surface area contributed by atoms with Gasteiger partial charge in [-0.25, -0.2) is 8.42 Å². The second-order valence-electron chi connectivity index (χ2n) is 8.21. The fourth-order valence-electron chi connectivity index (χ4n) is 4.15. The Kier molecular flexibility index (Phi) is 4.94. The summed E-state index contributed by atoms with van der Waals surface area (Å²) >= 11 is 0. The van der Waals surface area contributed by atoms with Gasteiger partial charge >= 0.3 is 0 Å². The molecule has 29 heavy (non-hydrogen) atoms. The maximum atomic E-state index is 12.5. The Labute approximate surface area is 171 Å². The lowest BCUT2D eigenvalue weighted by atomic mass is 9.71. The van der Waals surface area contributed by atoms with Gasteiger partial charge in [0.1, 0.15) is 5.84 Å². The van der Waals surface area contributed by atoms with E-state index in [0.29, 0.717) is 11.4 Å². The number of carbonyl (C=O) groups is 1. The molecule has 4 rings (SSSR count). The number of carbonyl (C=O) groups excluding carboxylic acids is 1. The molecule has 1 unspecified atom stereocenters. The van der Waals surface area contributed by atoms with Crippen LogP contribution in [0.15, 0.2) is 58.4 Å². The highest BCUT2D eigenvalue weighted by atomic mass is 32.2. The maximum Gasteiger partial charge on any atom is 0.263 e. The van der Waals surface area contributed by atoms with Crippen LogP contribution in [0.1, 0.15) is 55.8 Å². The van der Waals surface area contributed by atoms with Crippen molar-refractivity contribution in [2.24, 2.45) is 4.99 Å². The zero-order valence-electron chi connectivity index (χ0n) is 16.6. The molecule has 2 aliphatic rings. The van der Waals surface area contributed by atoms with Crippen LogP contribution in [0.2, 0.25) is 0 Å². The summed E-state index contributed by atoms with van der Waals surface area (Å²) in [4.78, 5) is 17.1. The maximum absolute atomic E-state index is 12.5. The number of aliphatic imine (C=N–C) groups is 1. The fraction of sp³-hybridized carbons (Fsp3) is 0.364. The molecule has 1 amide bonds. The van der Waals surface area contributed by atoms with Crippen molar-refractivity contribution in [1.82, 2.24) is 10.0 Å². The van der Waals surface area contributed by atoms with E-state index in [0.717, 1.165) is 12.8 Å². The van der Waals surface area contributed by atoms with Gasteiger partial charge in [0.2, 0.25) is 5.91 Å². The second kappa shape index (κ2) is 7.30. The summed E-state index contributed by atoms with van der Waals surface area (Å²) in [6.07, 6.45) is 2.11. The molecule has 2 N–H and O–H groups in total. The molecular weight excluding hydrogens is 386 g/mol. The van der Waals surface area contributed by atoms with Gasteiger partial charge in [-0.1, -0.05) is 50.2 Å². The van der Waals surface area contributed by atoms with E-state index >= 15 is 0 Å². The van der Waals surface area contributed by atoms with Gasteiger partial charge in [-0.05, 0) is 41.5 Å². The SMILES string of the molecule is CC1(C)CCC(NC(=O)CCN=C2NS(=O)(=O)c3ccccc32)c2ccccc21. The molecule has 2 aromatic rings. The summed E-state index contributed by atoms with van der Waals surface area (Å²) in [6, 6.07) is 15.0. The number of nitrogens with one attached hydrogen (secondary N) is 2. The highest BCUT2D eigenvalue weighted by Gasteiger charge is 2.33. The summed E-state index contributed by atoms with van der Waals surface area (Å²) in [6.45, 7) is 4.69. The normalized spacial score (nSPS) is 22.4. The number of sulfonamides is 1. The molecule has 0 aromatic heterocycles. The third-order valence-corrected chi connectivity index (χ3v) is 7.13. The minimum atomic E-state index is -3.55. The van der Waals surface area contributed by atoms with Crippen LogP contribution >= 0.6 is 0 Å². The molecule has 1 aliphatic carbocycles. The third-order valence-electron chi connectivity index (χ3n) is 5.73. The van der Waals surface area contributed by atoms with Crippen LogP contribution < -0.4 is 10.0 Å². The van der Waals surface area contributed by atoms with Crippen LogP contribution in [0.4, 0.5) is 0 Å². The van der Waals surface area contributed by atoms with E-state index in [2.05, 4.69) is 41.0 Å². The highest BCUT2D eigenvalue weighted by molar-refractivity contribution is 7.90. The minimum Gasteiger partial charge on any atom is -0.349 e. The molecule has 1 atom stereocenters. The Hall–Kier alpha value is -2.67. The quantitative estimate of drug-likeness (QED) is 0.811. The molecule has 1 heterocycles. The summed E-state index contributed by atoms with van der Waals surface area (Å²) in [7, 11) is -3.55. The Morgan fingerprint density at radius 3 is 2.72 bits per heavy atom. The highest BCUT2D eigenvalue weighted by Crippen LogP contribution is 2.41. The summed E-state index contributed by atoms with van der Waals surface area (Å²) < 4.78 is 26.7. The largest absolute Gasteiger partial charge is 0.349 e. The van der Waals surface area contributed by atoms with E-state index in [4.69, 9.17) is 0 Å². The van der Waals surface area contributed by atoms with E-state index in [1.54, 1.807) is 24.3 Å². The van der Waals surface area contributed by atoms with Gasteiger partial charge in [0.25, 0.3) is 10.0 Å². The van der Waals surface area contributed by atoms with E-state index in [1.807, 2.05) is 12.1 Å². The van der Waals surface area contributed by atoms with Gasteiger partial charge in [-0.2, -0.15) is 0 Å². The molecule has 0 saturated heterocycles. The number of benzene rings is 2. The molecule has 0 bridgehead atoms. The van der Waals surface area contributed by atoms with Gasteiger partial charge < -0.3 is 5.32 Å². The molecule has 152 valence electrons. The van der Waals surface area contributed by atoms with Gasteiger partial charge in [-0.15, -0.1) is 0 Å². The summed E-state index contributed by atoms with van der Waals surface area (Å²) in [5.41, 5.74) is 3.13. The molecular formula is C22H25N3O3S. The topological polar surface area (TPSA) is 87.6 Å². The first kappa shape index (κ1) is 19.6. The van der Waals surface area contributed by atoms with Crippen molar-refractivity contribution in [2.75, 3.05) is 6.54 Å². The number of nitrogens with zero attached hydrogens (tertiary/aromatic N) is 1. The average molecular weight is 412 g/mol. The van der Waals surface area contributed by atoms with Crippen molar-refractivity contribution < 1.29 is 13.2 Å². The lowest BCUT2D eigenvalue weighted by Crippen LogP contribution is -2.35. The third kappa shape index (κ3) is 3.79. The Morgan fingerprint density at radius 1 is 1.17 bits per heavy atom. The molecule has 7 heteroatoms. The van der Waals surface area contributed by atoms with Gasteiger partial charge in [0.05, 0.1) is 17.5 Å². The number of rotatable bonds is 4. The van der Waals surface area contributed by atoms with Crippen LogP contribution in [0, 0.1) is 0 Å². The zero-order chi connectivity index (χ0) is 20.6. The van der Waals surface area contributed by atoms with E-state index < -0.39 is 10.0 Å². The first-order valence-corrected chi connectivity index (χ1v) is 11.3. The molecule has 2 aromatic carbocycles. The summed E-state index contributed by atoms with van der Waals surface area (Å²) in [5.74, 6) is 0.223. The lowest BCUT2D eigenvalue weighted by molar-refractivity contribution is -0.121. The number of hydrogen-bond donors (Lipinski definition) is 2. The van der Waals surface area contributed by atoms with Crippen molar-refractivity contribution in [2.45, 2.75) is 49.5 Å². The molecule has 1 aliphatic heterocycles. The molecule has 0 radical (unpaired) electrons. The van der Waals surface area contributed by atoms with Crippen molar-refractivity contribution in [3.63, 3.8) is 0 Å². The average Bonchev–Trinajstić information content (AvgIpc) is 2.95. The molecule has 0 spiro atoms. The van der Waals surface area contributed by atoms with Gasteiger partial charge in [0.15, 0.2) is 0 Å². The number of hydrogen-bond acceptors (Lipinski definition) is 4. The van der Waals surface area contributed by atoms with Crippen LogP contribution in [0.3, 0.4) is 0 Å². The van der Waals surface area contributed by atoms with E-state index in [-0.39, 0.29) is 35.2 Å². The molecule has 6 nitrogen and oxygen atoms in total. The smallest absolute Gasteiger partial charge is 0.263 e. The molecule has 0 fully saturated rings. The molecule has 0 saturated carbocycles. The van der Waals surface area contributed by atoms with Gasteiger partial charge in [-0.3, -0.25) is 14.5 Å². The first-order chi connectivity index (χ1) is 13.8. The van der Waals surface area contributed by atoms with E-state index in [1.165, 1.54) is 11.1 Å². The standard InChI is InChI=1S/C22H25N3O3S/c1-22(2)13-11-18(15-7-3-5-9-17(15)22)24-20(26)12-14-23-21-16-8-4-6-10-19(16)29(27,28)25-21/h3-10,18H,11-14H2,1-2H3,(H,23,25)(H,24,26). The Bertz CT molecular complexity index is 1090. The van der Waals surface area contributed by atoms with Crippen LogP contribution in [0.5, 0.6) is 0 Å². The lowest BCUT2D eigenvalue weighted by Gasteiger charge is -2.37. The van der Waals surface area contributed by atoms with E-state index in [9.17, 15) is 13.2 Å². The van der Waals surface area contributed by atoms with Crippen molar-refractivity contribution in [1.29, 1.82) is 0 Å². The van der Waals surface area contributed by atoms with Gasteiger partial charge in [0, 0.05) is 12.0 Å². The fourth-order valence-corrected chi connectivity index (χ4v) is 5.40.